The van der Waals surface area contributed by atoms with Gasteiger partial charge < -0.3 is 10.4 Å². The van der Waals surface area contributed by atoms with Crippen molar-refractivity contribution >= 4 is 5.97 Å². The van der Waals surface area contributed by atoms with Crippen LogP contribution in [0.5, 0.6) is 0 Å². The lowest BCUT2D eigenvalue weighted by Crippen LogP contribution is -2.31. The van der Waals surface area contributed by atoms with Crippen LogP contribution in [0.15, 0.2) is 6.20 Å². The van der Waals surface area contributed by atoms with Gasteiger partial charge in [-0.3, -0.25) is 4.68 Å². The van der Waals surface area contributed by atoms with E-state index in [9.17, 15) is 4.79 Å². The number of hydrogen-bond donors (Lipinski definition) is 2. The fourth-order valence-corrected chi connectivity index (χ4v) is 1.34. The van der Waals surface area contributed by atoms with Crippen molar-refractivity contribution in [1.82, 2.24) is 20.3 Å². The number of carboxylic acid groups (broad SMARTS) is 1. The van der Waals surface area contributed by atoms with Crippen LogP contribution in [-0.4, -0.2) is 38.2 Å². The second-order valence-electron chi connectivity index (χ2n) is 4.16. The van der Waals surface area contributed by atoms with Gasteiger partial charge in [-0.1, -0.05) is 5.21 Å². The molecule has 1 heterocycles. The molecule has 2 N–H and O–H groups in total. The Morgan fingerprint density at radius 3 is 3.00 bits per heavy atom. The van der Waals surface area contributed by atoms with Crippen LogP contribution < -0.4 is 5.32 Å². The molecule has 0 aliphatic heterocycles. The van der Waals surface area contributed by atoms with Crippen LogP contribution in [0.25, 0.3) is 0 Å². The van der Waals surface area contributed by atoms with Gasteiger partial charge in [0.2, 0.25) is 0 Å². The summed E-state index contributed by atoms with van der Waals surface area (Å²) in [5.74, 6) is -1.04. The first-order chi connectivity index (χ1) is 7.09. The first-order valence-electron chi connectivity index (χ1n) is 4.98. The van der Waals surface area contributed by atoms with Gasteiger partial charge in [-0.05, 0) is 19.8 Å². The second kappa shape index (κ2) is 3.62. The molecule has 1 aromatic heterocycles. The van der Waals surface area contributed by atoms with Crippen molar-refractivity contribution < 1.29 is 9.90 Å². The normalized spacial score (nSPS) is 17.7. The Labute approximate surface area is 87.3 Å². The summed E-state index contributed by atoms with van der Waals surface area (Å²) in [5.41, 5.74) is 0.295. The molecule has 0 bridgehead atoms. The van der Waals surface area contributed by atoms with E-state index < -0.39 is 5.97 Å². The molecule has 2 rings (SSSR count). The molecule has 1 aliphatic carbocycles. The predicted octanol–water partition coefficient (Wildman–Crippen LogP) is 0.118. The third-order valence-electron chi connectivity index (χ3n) is 2.65. The van der Waals surface area contributed by atoms with Crippen molar-refractivity contribution in [2.24, 2.45) is 0 Å². The number of carboxylic acids is 1. The first kappa shape index (κ1) is 10.1. The lowest BCUT2D eigenvalue weighted by Gasteiger charge is -2.10. The molecule has 82 valence electrons. The van der Waals surface area contributed by atoms with Crippen LogP contribution in [0.3, 0.4) is 0 Å². The van der Waals surface area contributed by atoms with Crippen molar-refractivity contribution in [2.75, 3.05) is 6.54 Å². The van der Waals surface area contributed by atoms with Gasteiger partial charge in [0.15, 0.2) is 5.69 Å². The van der Waals surface area contributed by atoms with Crippen molar-refractivity contribution in [3.63, 3.8) is 0 Å². The molecular weight excluding hydrogens is 196 g/mol. The maximum atomic E-state index is 10.5. The second-order valence-corrected chi connectivity index (χ2v) is 4.16. The zero-order valence-electron chi connectivity index (χ0n) is 8.60. The van der Waals surface area contributed by atoms with Crippen LogP contribution >= 0.6 is 0 Å². The number of nitrogens with zero attached hydrogens (tertiary/aromatic N) is 3. The van der Waals surface area contributed by atoms with E-state index in [2.05, 4.69) is 22.6 Å². The highest BCUT2D eigenvalue weighted by Crippen LogP contribution is 2.33. The van der Waals surface area contributed by atoms with Gasteiger partial charge in [-0.15, -0.1) is 5.10 Å². The third-order valence-corrected chi connectivity index (χ3v) is 2.65. The monoisotopic (exact) mass is 210 g/mol. The van der Waals surface area contributed by atoms with Crippen LogP contribution in [-0.2, 0) is 6.54 Å². The van der Waals surface area contributed by atoms with E-state index in [1.165, 1.54) is 19.0 Å². The average Bonchev–Trinajstić information content (AvgIpc) is 2.74. The SMILES string of the molecule is CC1(NCCn2cc(C(=O)O)nn2)CC1. The van der Waals surface area contributed by atoms with E-state index in [0.717, 1.165) is 6.54 Å². The van der Waals surface area contributed by atoms with Gasteiger partial charge in [0.05, 0.1) is 12.7 Å². The highest BCUT2D eigenvalue weighted by atomic mass is 16.4. The summed E-state index contributed by atoms with van der Waals surface area (Å²) < 4.78 is 1.54. The Morgan fingerprint density at radius 2 is 2.47 bits per heavy atom. The minimum Gasteiger partial charge on any atom is -0.476 e. The Balaban J connectivity index is 1.80. The summed E-state index contributed by atoms with van der Waals surface area (Å²) in [4.78, 5) is 10.5. The highest BCUT2D eigenvalue weighted by Gasteiger charge is 2.36. The number of aromatic carboxylic acids is 1. The molecule has 0 radical (unpaired) electrons. The summed E-state index contributed by atoms with van der Waals surface area (Å²) in [7, 11) is 0. The third kappa shape index (κ3) is 2.53. The van der Waals surface area contributed by atoms with Crippen molar-refractivity contribution in [2.45, 2.75) is 31.8 Å². The minimum atomic E-state index is -1.04. The number of nitrogens with one attached hydrogen (secondary N) is 1. The van der Waals surface area contributed by atoms with Crippen LogP contribution in [0.2, 0.25) is 0 Å². The summed E-state index contributed by atoms with van der Waals surface area (Å²) in [6.07, 6.45) is 3.87. The molecule has 0 spiro atoms. The van der Waals surface area contributed by atoms with Gasteiger partial charge in [0.25, 0.3) is 0 Å². The maximum Gasteiger partial charge on any atom is 0.358 e. The van der Waals surface area contributed by atoms with Crippen molar-refractivity contribution in [1.29, 1.82) is 0 Å². The Bertz CT molecular complexity index is 370. The Morgan fingerprint density at radius 1 is 1.73 bits per heavy atom. The van der Waals surface area contributed by atoms with Gasteiger partial charge in [-0.25, -0.2) is 4.79 Å². The zero-order valence-corrected chi connectivity index (χ0v) is 8.60. The molecule has 0 unspecified atom stereocenters. The van der Waals surface area contributed by atoms with E-state index in [0.29, 0.717) is 12.1 Å². The summed E-state index contributed by atoms with van der Waals surface area (Å²) in [6, 6.07) is 0. The number of hydrogen-bond acceptors (Lipinski definition) is 4. The number of carbonyl (C=O) groups is 1. The highest BCUT2D eigenvalue weighted by molar-refractivity contribution is 5.84. The zero-order chi connectivity index (χ0) is 10.9. The lowest BCUT2D eigenvalue weighted by atomic mass is 10.3. The fraction of sp³-hybridized carbons (Fsp3) is 0.667. The summed E-state index contributed by atoms with van der Waals surface area (Å²) >= 11 is 0. The van der Waals surface area contributed by atoms with Gasteiger partial charge >= 0.3 is 5.97 Å². The smallest absolute Gasteiger partial charge is 0.358 e. The minimum absolute atomic E-state index is 0.00682. The first-order valence-corrected chi connectivity index (χ1v) is 4.98. The van der Waals surface area contributed by atoms with Crippen LogP contribution in [0.4, 0.5) is 0 Å². The summed E-state index contributed by atoms with van der Waals surface area (Å²) in [5, 5.41) is 19.3. The van der Waals surface area contributed by atoms with Crippen molar-refractivity contribution in [3.8, 4) is 0 Å². The predicted molar refractivity (Wildman–Crippen MR) is 52.6 cm³/mol. The van der Waals surface area contributed by atoms with Crippen LogP contribution in [0, 0.1) is 0 Å². The molecule has 1 aliphatic rings. The Kier molecular flexibility index (Phi) is 2.44. The maximum absolute atomic E-state index is 10.5. The molecular formula is C9H14N4O2. The van der Waals surface area contributed by atoms with E-state index in [4.69, 9.17) is 5.11 Å². The fourth-order valence-electron chi connectivity index (χ4n) is 1.34. The molecule has 1 aromatic rings. The van der Waals surface area contributed by atoms with E-state index in [1.54, 1.807) is 4.68 Å². The van der Waals surface area contributed by atoms with E-state index in [-0.39, 0.29) is 5.69 Å². The van der Waals surface area contributed by atoms with Gasteiger partial charge in [0.1, 0.15) is 0 Å². The largest absolute Gasteiger partial charge is 0.476 e. The molecule has 0 aromatic carbocycles. The standard InChI is InChI=1S/C9H14N4O2/c1-9(2-3-9)10-4-5-13-6-7(8(14)15)11-12-13/h6,10H,2-5H2,1H3,(H,14,15). The van der Waals surface area contributed by atoms with Crippen LogP contribution in [0.1, 0.15) is 30.3 Å². The molecule has 6 nitrogen and oxygen atoms in total. The molecule has 15 heavy (non-hydrogen) atoms. The lowest BCUT2D eigenvalue weighted by molar-refractivity contribution is 0.0690. The van der Waals surface area contributed by atoms with Gasteiger partial charge in [-0.2, -0.15) is 0 Å². The van der Waals surface area contributed by atoms with Gasteiger partial charge in [0, 0.05) is 12.1 Å². The molecule has 0 saturated heterocycles. The number of rotatable bonds is 5. The average molecular weight is 210 g/mol. The van der Waals surface area contributed by atoms with Crippen molar-refractivity contribution in [3.05, 3.63) is 11.9 Å². The molecule has 1 fully saturated rings. The molecule has 0 amide bonds. The molecule has 1 saturated carbocycles. The van der Waals surface area contributed by atoms with E-state index >= 15 is 0 Å². The van der Waals surface area contributed by atoms with E-state index in [1.807, 2.05) is 0 Å². The summed E-state index contributed by atoms with van der Waals surface area (Å²) in [6.45, 7) is 3.62. The molecule has 0 atom stereocenters. The number of aromatic nitrogens is 3. The topological polar surface area (TPSA) is 80.0 Å². The molecule has 6 heteroatoms. The Hall–Kier alpha value is -1.43. The quantitative estimate of drug-likeness (QED) is 0.721.